The van der Waals surface area contributed by atoms with Gasteiger partial charge in [0.1, 0.15) is 11.6 Å². The molecule has 0 saturated carbocycles. The molecule has 1 aliphatic rings. The van der Waals surface area contributed by atoms with Gasteiger partial charge in [-0.2, -0.15) is 5.10 Å². The van der Waals surface area contributed by atoms with Gasteiger partial charge in [0.15, 0.2) is 6.61 Å². The van der Waals surface area contributed by atoms with Gasteiger partial charge in [0.05, 0.1) is 18.0 Å². The summed E-state index contributed by atoms with van der Waals surface area (Å²) in [5.41, 5.74) is 1.93. The number of amides is 1. The number of imidazole rings is 1. The number of rotatable bonds is 9. The van der Waals surface area contributed by atoms with E-state index in [0.717, 1.165) is 49.5 Å². The number of hydrogen-bond donors (Lipinski definition) is 1. The first-order chi connectivity index (χ1) is 14.7. The zero-order valence-corrected chi connectivity index (χ0v) is 17.2. The van der Waals surface area contributed by atoms with Crippen molar-refractivity contribution in [1.82, 2.24) is 24.6 Å². The predicted molar refractivity (Wildman–Crippen MR) is 113 cm³/mol. The molecule has 1 saturated heterocycles. The summed E-state index contributed by atoms with van der Waals surface area (Å²) in [6, 6.07) is 7.58. The van der Waals surface area contributed by atoms with Crippen molar-refractivity contribution in [2.75, 3.05) is 19.8 Å². The van der Waals surface area contributed by atoms with Gasteiger partial charge in [-0.05, 0) is 43.5 Å². The molecule has 8 heteroatoms. The summed E-state index contributed by atoms with van der Waals surface area (Å²) in [4.78, 5) is 16.5. The van der Waals surface area contributed by atoms with Crippen LogP contribution in [-0.2, 0) is 16.1 Å². The molecule has 1 aliphatic heterocycles. The third-order valence-electron chi connectivity index (χ3n) is 5.02. The van der Waals surface area contributed by atoms with Gasteiger partial charge >= 0.3 is 0 Å². The summed E-state index contributed by atoms with van der Waals surface area (Å²) in [6.07, 6.45) is 10.8. The lowest BCUT2D eigenvalue weighted by molar-refractivity contribution is -0.123. The van der Waals surface area contributed by atoms with Gasteiger partial charge in [-0.25, -0.2) is 4.98 Å². The van der Waals surface area contributed by atoms with Crippen molar-refractivity contribution in [2.24, 2.45) is 0 Å². The van der Waals surface area contributed by atoms with E-state index in [9.17, 15) is 4.79 Å². The molecule has 8 nitrogen and oxygen atoms in total. The third kappa shape index (κ3) is 4.88. The lowest BCUT2D eigenvalue weighted by atomic mass is 10.2. The molecule has 4 rings (SSSR count). The molecule has 1 unspecified atom stereocenters. The van der Waals surface area contributed by atoms with Crippen LogP contribution in [0.1, 0.15) is 26.2 Å². The fourth-order valence-electron chi connectivity index (χ4n) is 3.49. The minimum Gasteiger partial charge on any atom is -0.484 e. The zero-order chi connectivity index (χ0) is 20.8. The van der Waals surface area contributed by atoms with Gasteiger partial charge in [0.25, 0.3) is 5.91 Å². The van der Waals surface area contributed by atoms with Crippen molar-refractivity contribution >= 4 is 5.91 Å². The van der Waals surface area contributed by atoms with E-state index in [4.69, 9.17) is 9.47 Å². The third-order valence-corrected chi connectivity index (χ3v) is 5.02. The van der Waals surface area contributed by atoms with Crippen LogP contribution in [0.2, 0.25) is 0 Å². The average molecular weight is 409 g/mol. The Morgan fingerprint density at radius 1 is 1.33 bits per heavy atom. The van der Waals surface area contributed by atoms with Crippen LogP contribution in [-0.4, -0.2) is 51.1 Å². The number of nitrogens with one attached hydrogen (secondary N) is 1. The number of ether oxygens (including phenoxy) is 2. The standard InChI is InChI=1S/C22H27N5O3/c1-2-10-26-15-18(13-25-26)27-11-9-23-22(27)17-5-7-19(8-6-17)30-16-21(28)24-14-20-4-3-12-29-20/h5-9,11,13,15,20H,2-4,10,12,14,16H2,1H3,(H,24,28). The molecular formula is C22H27N5O3. The predicted octanol–water partition coefficient (Wildman–Crippen LogP) is 2.82. The molecule has 158 valence electrons. The number of carbonyl (C=O) groups excluding carboxylic acids is 1. The lowest BCUT2D eigenvalue weighted by Crippen LogP contribution is -2.35. The fourth-order valence-corrected chi connectivity index (χ4v) is 3.49. The highest BCUT2D eigenvalue weighted by atomic mass is 16.5. The first kappa shape index (κ1) is 20.2. The number of aryl methyl sites for hydroxylation is 1. The van der Waals surface area contributed by atoms with Crippen molar-refractivity contribution in [3.63, 3.8) is 0 Å². The van der Waals surface area contributed by atoms with Gasteiger partial charge in [-0.3, -0.25) is 14.0 Å². The van der Waals surface area contributed by atoms with Crippen LogP contribution in [0.4, 0.5) is 0 Å². The topological polar surface area (TPSA) is 83.2 Å². The van der Waals surface area contributed by atoms with E-state index >= 15 is 0 Å². The van der Waals surface area contributed by atoms with Gasteiger partial charge in [0.2, 0.25) is 0 Å². The smallest absolute Gasteiger partial charge is 0.258 e. The zero-order valence-electron chi connectivity index (χ0n) is 17.2. The van der Waals surface area contributed by atoms with Gasteiger partial charge in [-0.15, -0.1) is 0 Å². The second kappa shape index (κ2) is 9.58. The molecular weight excluding hydrogens is 382 g/mol. The van der Waals surface area contributed by atoms with Crippen LogP contribution in [0.5, 0.6) is 5.75 Å². The highest BCUT2D eigenvalue weighted by molar-refractivity contribution is 5.77. The molecule has 1 atom stereocenters. The Labute approximate surface area is 175 Å². The molecule has 1 aromatic carbocycles. The molecule has 0 bridgehead atoms. The lowest BCUT2D eigenvalue weighted by Gasteiger charge is -2.11. The Bertz CT molecular complexity index is 957. The van der Waals surface area contributed by atoms with Gasteiger partial charge < -0.3 is 14.8 Å². The molecule has 3 aromatic rings. The highest BCUT2D eigenvalue weighted by Gasteiger charge is 2.16. The Morgan fingerprint density at radius 2 is 2.20 bits per heavy atom. The maximum Gasteiger partial charge on any atom is 0.258 e. The van der Waals surface area contributed by atoms with Crippen molar-refractivity contribution in [3.8, 4) is 22.8 Å². The Balaban J connectivity index is 1.34. The average Bonchev–Trinajstić information content (AvgIpc) is 3.53. The molecule has 2 aromatic heterocycles. The maximum absolute atomic E-state index is 12.0. The molecule has 0 radical (unpaired) electrons. The number of aromatic nitrogens is 4. The summed E-state index contributed by atoms with van der Waals surface area (Å²) in [5, 5.41) is 7.25. The second-order valence-electron chi connectivity index (χ2n) is 7.33. The number of benzene rings is 1. The van der Waals surface area contributed by atoms with Crippen molar-refractivity contribution in [3.05, 3.63) is 49.1 Å². The maximum atomic E-state index is 12.0. The molecule has 1 amide bonds. The summed E-state index contributed by atoms with van der Waals surface area (Å²) in [7, 11) is 0. The van der Waals surface area contributed by atoms with Crippen molar-refractivity contribution in [1.29, 1.82) is 0 Å². The minimum atomic E-state index is -0.144. The molecule has 0 spiro atoms. The molecule has 1 fully saturated rings. The van der Waals surface area contributed by atoms with E-state index in [1.54, 1.807) is 6.20 Å². The fraction of sp³-hybridized carbons (Fsp3) is 0.409. The first-order valence-electron chi connectivity index (χ1n) is 10.4. The van der Waals surface area contributed by atoms with E-state index in [1.165, 1.54) is 0 Å². The van der Waals surface area contributed by atoms with Crippen LogP contribution < -0.4 is 10.1 Å². The molecule has 30 heavy (non-hydrogen) atoms. The van der Waals surface area contributed by atoms with E-state index in [-0.39, 0.29) is 18.6 Å². The van der Waals surface area contributed by atoms with Crippen LogP contribution in [0.15, 0.2) is 49.1 Å². The number of hydrogen-bond acceptors (Lipinski definition) is 5. The van der Waals surface area contributed by atoms with Crippen LogP contribution in [0.25, 0.3) is 17.1 Å². The molecule has 1 N–H and O–H groups in total. The summed E-state index contributed by atoms with van der Waals surface area (Å²) < 4.78 is 15.0. The summed E-state index contributed by atoms with van der Waals surface area (Å²) in [6.45, 7) is 4.32. The summed E-state index contributed by atoms with van der Waals surface area (Å²) in [5.74, 6) is 1.32. The van der Waals surface area contributed by atoms with E-state index in [2.05, 4.69) is 22.3 Å². The number of carbonyl (C=O) groups is 1. The van der Waals surface area contributed by atoms with Crippen molar-refractivity contribution in [2.45, 2.75) is 38.8 Å². The number of nitrogens with zero attached hydrogens (tertiary/aromatic N) is 4. The minimum absolute atomic E-state index is 0.0166. The highest BCUT2D eigenvalue weighted by Crippen LogP contribution is 2.23. The Hall–Kier alpha value is -3.13. The van der Waals surface area contributed by atoms with Crippen molar-refractivity contribution < 1.29 is 14.3 Å². The SMILES string of the molecule is CCCn1cc(-n2ccnc2-c2ccc(OCC(=O)NCC3CCCO3)cc2)cn1. The van der Waals surface area contributed by atoms with E-state index in [1.807, 2.05) is 52.1 Å². The van der Waals surface area contributed by atoms with Crippen LogP contribution in [0, 0.1) is 0 Å². The largest absolute Gasteiger partial charge is 0.484 e. The monoisotopic (exact) mass is 409 g/mol. The Morgan fingerprint density at radius 3 is 2.97 bits per heavy atom. The quantitative estimate of drug-likeness (QED) is 0.588. The van der Waals surface area contributed by atoms with Gasteiger partial charge in [-0.1, -0.05) is 6.92 Å². The van der Waals surface area contributed by atoms with E-state index < -0.39 is 0 Å². The van der Waals surface area contributed by atoms with Crippen LogP contribution >= 0.6 is 0 Å². The molecule has 3 heterocycles. The van der Waals surface area contributed by atoms with Crippen LogP contribution in [0.3, 0.4) is 0 Å². The Kier molecular flexibility index (Phi) is 6.44. The van der Waals surface area contributed by atoms with E-state index in [0.29, 0.717) is 12.3 Å². The first-order valence-corrected chi connectivity index (χ1v) is 10.4. The normalized spacial score (nSPS) is 16.0. The van der Waals surface area contributed by atoms with Gasteiger partial charge in [0, 0.05) is 43.9 Å². The summed E-state index contributed by atoms with van der Waals surface area (Å²) >= 11 is 0. The molecule has 0 aliphatic carbocycles. The second-order valence-corrected chi connectivity index (χ2v) is 7.33.